The zero-order valence-electron chi connectivity index (χ0n) is 18.4. The van der Waals surface area contributed by atoms with E-state index in [4.69, 9.17) is 19.4 Å². The summed E-state index contributed by atoms with van der Waals surface area (Å²) >= 11 is 1.74. The number of morpholine rings is 2. The van der Waals surface area contributed by atoms with Gasteiger partial charge in [-0.2, -0.15) is 0 Å². The first-order valence-electron chi connectivity index (χ1n) is 11.8. The number of nitrogens with zero attached hydrogens (tertiary/aromatic N) is 5. The Labute approximate surface area is 191 Å². The van der Waals surface area contributed by atoms with Crippen molar-refractivity contribution in [1.29, 1.82) is 0 Å². The van der Waals surface area contributed by atoms with E-state index in [1.165, 1.54) is 35.2 Å². The van der Waals surface area contributed by atoms with Gasteiger partial charge in [-0.05, 0) is 36.8 Å². The van der Waals surface area contributed by atoms with E-state index in [1.807, 2.05) is 0 Å². The summed E-state index contributed by atoms with van der Waals surface area (Å²) in [6, 6.07) is 0. The van der Waals surface area contributed by atoms with Crippen molar-refractivity contribution in [2.45, 2.75) is 25.7 Å². The van der Waals surface area contributed by atoms with E-state index >= 15 is 0 Å². The molecule has 32 heavy (non-hydrogen) atoms. The Morgan fingerprint density at radius 1 is 0.938 bits per heavy atom. The van der Waals surface area contributed by atoms with Crippen LogP contribution in [0, 0.1) is 0 Å². The number of thiophene rings is 1. The van der Waals surface area contributed by atoms with E-state index in [1.54, 1.807) is 17.7 Å². The third kappa shape index (κ3) is 3.81. The Balaban J connectivity index is 1.36. The predicted molar refractivity (Wildman–Crippen MR) is 128 cm³/mol. The van der Waals surface area contributed by atoms with E-state index in [9.17, 15) is 0 Å². The second kappa shape index (κ2) is 9.05. The molecular formula is C23H30N6O2S. The molecule has 0 saturated carbocycles. The molecule has 0 amide bonds. The number of rotatable bonds is 5. The quantitative estimate of drug-likeness (QED) is 0.631. The van der Waals surface area contributed by atoms with Crippen molar-refractivity contribution >= 4 is 43.4 Å². The molecule has 0 aromatic carbocycles. The van der Waals surface area contributed by atoms with Gasteiger partial charge in [0.2, 0.25) is 0 Å². The second-order valence-electron chi connectivity index (χ2n) is 8.76. The van der Waals surface area contributed by atoms with Gasteiger partial charge in [0, 0.05) is 44.7 Å². The van der Waals surface area contributed by atoms with Gasteiger partial charge in [0.1, 0.15) is 22.8 Å². The van der Waals surface area contributed by atoms with Crippen LogP contribution in [-0.4, -0.2) is 85.5 Å². The van der Waals surface area contributed by atoms with Gasteiger partial charge in [-0.3, -0.25) is 4.90 Å². The molecule has 0 atom stereocenters. The summed E-state index contributed by atoms with van der Waals surface area (Å²) in [5.41, 5.74) is 3.96. The van der Waals surface area contributed by atoms with Gasteiger partial charge in [-0.25, -0.2) is 15.0 Å². The molecule has 0 unspecified atom stereocenters. The lowest BCUT2D eigenvalue weighted by Crippen LogP contribution is -2.39. The number of fused-ring (bicyclic) bond motifs is 5. The fourth-order valence-corrected chi connectivity index (χ4v) is 6.28. The minimum absolute atomic E-state index is 0.781. The van der Waals surface area contributed by atoms with E-state index < -0.39 is 0 Å². The number of aromatic nitrogens is 3. The number of anilines is 2. The predicted octanol–water partition coefficient (Wildman–Crippen LogP) is 2.70. The number of nitrogens with one attached hydrogen (secondary N) is 1. The normalized spacial score (nSPS) is 20.1. The van der Waals surface area contributed by atoms with Gasteiger partial charge >= 0.3 is 0 Å². The molecule has 9 heteroatoms. The number of hydrogen-bond donors (Lipinski definition) is 1. The van der Waals surface area contributed by atoms with Crippen LogP contribution in [-0.2, 0) is 22.3 Å². The summed E-state index contributed by atoms with van der Waals surface area (Å²) in [6.45, 7) is 8.93. The van der Waals surface area contributed by atoms with Crippen molar-refractivity contribution in [3.8, 4) is 0 Å². The van der Waals surface area contributed by atoms with Crippen LogP contribution in [0.15, 0.2) is 6.33 Å². The summed E-state index contributed by atoms with van der Waals surface area (Å²) in [4.78, 5) is 20.5. The molecule has 3 aliphatic rings. The average molecular weight is 455 g/mol. The van der Waals surface area contributed by atoms with Crippen LogP contribution in [0.5, 0.6) is 0 Å². The van der Waals surface area contributed by atoms with Crippen molar-refractivity contribution in [3.63, 3.8) is 0 Å². The van der Waals surface area contributed by atoms with Crippen molar-refractivity contribution in [2.75, 3.05) is 75.9 Å². The molecule has 0 bridgehead atoms. The lowest BCUT2D eigenvalue weighted by Gasteiger charge is -2.31. The van der Waals surface area contributed by atoms with Crippen LogP contribution < -0.4 is 10.2 Å². The highest BCUT2D eigenvalue weighted by Gasteiger charge is 2.26. The largest absolute Gasteiger partial charge is 0.379 e. The summed E-state index contributed by atoms with van der Waals surface area (Å²) in [6.07, 6.45) is 6.40. The number of pyridine rings is 1. The highest BCUT2D eigenvalue weighted by Crippen LogP contribution is 2.42. The highest BCUT2D eigenvalue weighted by atomic mass is 32.1. The van der Waals surface area contributed by atoms with Gasteiger partial charge in [0.15, 0.2) is 0 Å². The molecule has 2 aliphatic heterocycles. The van der Waals surface area contributed by atoms with E-state index in [0.717, 1.165) is 99.4 Å². The van der Waals surface area contributed by atoms with E-state index in [2.05, 4.69) is 20.1 Å². The van der Waals surface area contributed by atoms with Gasteiger partial charge in [-0.1, -0.05) is 0 Å². The summed E-state index contributed by atoms with van der Waals surface area (Å²) in [5, 5.41) is 4.84. The first-order valence-corrected chi connectivity index (χ1v) is 12.7. The smallest absolute Gasteiger partial charge is 0.147 e. The molecule has 1 N–H and O–H groups in total. The summed E-state index contributed by atoms with van der Waals surface area (Å²) in [5.74, 6) is 2.11. The minimum atomic E-state index is 0.781. The van der Waals surface area contributed by atoms with Gasteiger partial charge < -0.3 is 19.7 Å². The first-order chi connectivity index (χ1) is 15.9. The third-order valence-corrected chi connectivity index (χ3v) is 7.91. The fourth-order valence-electron chi connectivity index (χ4n) is 5.16. The lowest BCUT2D eigenvalue weighted by atomic mass is 9.90. The van der Waals surface area contributed by atoms with Gasteiger partial charge in [0.05, 0.1) is 36.6 Å². The minimum Gasteiger partial charge on any atom is -0.379 e. The molecule has 3 aromatic heterocycles. The molecule has 6 rings (SSSR count). The molecule has 5 heterocycles. The monoisotopic (exact) mass is 454 g/mol. The van der Waals surface area contributed by atoms with Crippen LogP contribution in [0.2, 0.25) is 0 Å². The average Bonchev–Trinajstić information content (AvgIpc) is 3.24. The van der Waals surface area contributed by atoms with Crippen molar-refractivity contribution in [1.82, 2.24) is 19.9 Å². The first kappa shape index (κ1) is 20.5. The van der Waals surface area contributed by atoms with Crippen LogP contribution in [0.1, 0.15) is 24.0 Å². The van der Waals surface area contributed by atoms with Crippen LogP contribution in [0.25, 0.3) is 20.4 Å². The Kier molecular flexibility index (Phi) is 5.81. The second-order valence-corrected chi connectivity index (χ2v) is 9.76. The van der Waals surface area contributed by atoms with Crippen molar-refractivity contribution in [3.05, 3.63) is 17.5 Å². The standard InChI is InChI=1S/C23H30N6O2S/c1-2-4-17-16(3-1)18-19-20(32-23(18)27-22(17)29-9-13-31-14-10-29)21(26-15-25-19)24-5-6-28-7-11-30-12-8-28/h15H,1-14H2,(H,24,25,26). The molecular weight excluding hydrogens is 424 g/mol. The van der Waals surface area contributed by atoms with Crippen molar-refractivity contribution in [2.24, 2.45) is 0 Å². The molecule has 0 radical (unpaired) electrons. The van der Waals surface area contributed by atoms with Gasteiger partial charge in [-0.15, -0.1) is 11.3 Å². The number of hydrogen-bond acceptors (Lipinski definition) is 9. The molecule has 8 nitrogen and oxygen atoms in total. The summed E-state index contributed by atoms with van der Waals surface area (Å²) < 4.78 is 12.2. The zero-order valence-corrected chi connectivity index (χ0v) is 19.3. The zero-order chi connectivity index (χ0) is 21.3. The fraction of sp³-hybridized carbons (Fsp3) is 0.609. The Bertz CT molecular complexity index is 1110. The highest BCUT2D eigenvalue weighted by molar-refractivity contribution is 7.26. The van der Waals surface area contributed by atoms with E-state index in [-0.39, 0.29) is 0 Å². The Morgan fingerprint density at radius 2 is 1.69 bits per heavy atom. The molecule has 2 fully saturated rings. The Morgan fingerprint density at radius 3 is 2.50 bits per heavy atom. The molecule has 1 aliphatic carbocycles. The molecule has 3 aromatic rings. The topological polar surface area (TPSA) is 75.6 Å². The lowest BCUT2D eigenvalue weighted by molar-refractivity contribution is 0.0398. The SMILES string of the molecule is c1nc(NCCN2CCOCC2)c2sc3nc(N4CCOCC4)c4c(c3c2n1)CCCC4. The van der Waals surface area contributed by atoms with Crippen LogP contribution in [0.4, 0.5) is 11.6 Å². The maximum absolute atomic E-state index is 5.59. The maximum Gasteiger partial charge on any atom is 0.147 e. The van der Waals surface area contributed by atoms with E-state index in [0.29, 0.717) is 0 Å². The molecule has 170 valence electrons. The number of aryl methyl sites for hydroxylation is 1. The Hall–Kier alpha value is -2.07. The van der Waals surface area contributed by atoms with Gasteiger partial charge in [0.25, 0.3) is 0 Å². The van der Waals surface area contributed by atoms with Crippen LogP contribution in [0.3, 0.4) is 0 Å². The van der Waals surface area contributed by atoms with Crippen molar-refractivity contribution < 1.29 is 9.47 Å². The third-order valence-electron chi connectivity index (χ3n) is 6.83. The molecule has 0 spiro atoms. The number of ether oxygens (including phenoxy) is 2. The maximum atomic E-state index is 5.59. The van der Waals surface area contributed by atoms with Crippen LogP contribution >= 0.6 is 11.3 Å². The summed E-state index contributed by atoms with van der Waals surface area (Å²) in [7, 11) is 0. The molecule has 2 saturated heterocycles.